The zero-order valence-electron chi connectivity index (χ0n) is 9.73. The normalized spacial score (nSPS) is 10.1. The second-order valence-electron chi connectivity index (χ2n) is 3.23. The fraction of sp³-hybridized carbons (Fsp3) is 0.455. The summed E-state index contributed by atoms with van der Waals surface area (Å²) >= 11 is 3.13. The van der Waals surface area contributed by atoms with Gasteiger partial charge in [-0.1, -0.05) is 0 Å². The van der Waals surface area contributed by atoms with Crippen molar-refractivity contribution in [2.24, 2.45) is 0 Å². The van der Waals surface area contributed by atoms with Gasteiger partial charge in [0.25, 0.3) is 5.91 Å². The molecule has 6 heteroatoms. The van der Waals surface area contributed by atoms with Crippen molar-refractivity contribution in [3.8, 4) is 0 Å². The topological polar surface area (TPSA) is 59.8 Å². The Labute approximate surface area is 108 Å². The Balaban J connectivity index is 2.71. The molecule has 1 aromatic heterocycles. The molecule has 0 unspecified atom stereocenters. The molecule has 0 radical (unpaired) electrons. The molecule has 0 bridgehead atoms. The maximum atomic E-state index is 12.0. The van der Waals surface area contributed by atoms with Gasteiger partial charge in [0.05, 0.1) is 18.4 Å². The van der Waals surface area contributed by atoms with Crippen LogP contribution in [0.15, 0.2) is 21.4 Å². The molecule has 0 aliphatic heterocycles. The number of furan rings is 1. The lowest BCUT2D eigenvalue weighted by molar-refractivity contribution is -0.143. The zero-order valence-corrected chi connectivity index (χ0v) is 11.3. The summed E-state index contributed by atoms with van der Waals surface area (Å²) in [4.78, 5) is 24.7. The van der Waals surface area contributed by atoms with Crippen LogP contribution in [0.5, 0.6) is 0 Å². The van der Waals surface area contributed by atoms with Gasteiger partial charge in [0, 0.05) is 6.54 Å². The number of esters is 1. The number of likely N-dealkylation sites (N-methyl/N-ethyl adjacent to an activating group) is 1. The average molecular weight is 304 g/mol. The van der Waals surface area contributed by atoms with Gasteiger partial charge in [-0.15, -0.1) is 0 Å². The van der Waals surface area contributed by atoms with Gasteiger partial charge >= 0.3 is 5.97 Å². The maximum Gasteiger partial charge on any atom is 0.325 e. The van der Waals surface area contributed by atoms with Gasteiger partial charge in [-0.2, -0.15) is 0 Å². The monoisotopic (exact) mass is 303 g/mol. The number of carbonyl (C=O) groups excluding carboxylic acids is 2. The van der Waals surface area contributed by atoms with E-state index in [9.17, 15) is 9.59 Å². The van der Waals surface area contributed by atoms with Gasteiger partial charge in [0.1, 0.15) is 6.54 Å². The van der Waals surface area contributed by atoms with Crippen LogP contribution in [0.2, 0.25) is 0 Å². The minimum Gasteiger partial charge on any atom is -0.465 e. The van der Waals surface area contributed by atoms with E-state index in [0.717, 1.165) is 0 Å². The quantitative estimate of drug-likeness (QED) is 0.781. The van der Waals surface area contributed by atoms with Crippen LogP contribution in [0.1, 0.15) is 24.2 Å². The first-order valence-corrected chi connectivity index (χ1v) is 6.07. The first-order valence-electron chi connectivity index (χ1n) is 5.28. The van der Waals surface area contributed by atoms with E-state index in [2.05, 4.69) is 15.9 Å². The smallest absolute Gasteiger partial charge is 0.325 e. The summed E-state index contributed by atoms with van der Waals surface area (Å²) in [6.07, 6.45) is 1.41. The summed E-state index contributed by atoms with van der Waals surface area (Å²) < 4.78 is 10.2. The minimum absolute atomic E-state index is 0.0548. The summed E-state index contributed by atoms with van der Waals surface area (Å²) in [6, 6.07) is 1.56. The van der Waals surface area contributed by atoms with Gasteiger partial charge in [0.2, 0.25) is 0 Å². The van der Waals surface area contributed by atoms with E-state index >= 15 is 0 Å². The molecule has 1 heterocycles. The molecule has 0 saturated carbocycles. The Kier molecular flexibility index (Phi) is 5.21. The van der Waals surface area contributed by atoms with Crippen LogP contribution < -0.4 is 0 Å². The van der Waals surface area contributed by atoms with Gasteiger partial charge < -0.3 is 14.1 Å². The first kappa shape index (κ1) is 13.8. The Morgan fingerprint density at radius 1 is 1.47 bits per heavy atom. The molecular weight excluding hydrogens is 290 g/mol. The summed E-state index contributed by atoms with van der Waals surface area (Å²) in [7, 11) is 0. The predicted octanol–water partition coefficient (Wildman–Crippen LogP) is 2.07. The van der Waals surface area contributed by atoms with Crippen LogP contribution in [0, 0.1) is 0 Å². The molecule has 0 fully saturated rings. The van der Waals surface area contributed by atoms with E-state index < -0.39 is 5.97 Å². The van der Waals surface area contributed by atoms with Crippen molar-refractivity contribution in [3.63, 3.8) is 0 Å². The number of ether oxygens (including phenoxy) is 1. The Morgan fingerprint density at radius 3 is 2.65 bits per heavy atom. The fourth-order valence-corrected chi connectivity index (χ4v) is 1.72. The minimum atomic E-state index is -0.415. The molecule has 0 aliphatic rings. The van der Waals surface area contributed by atoms with Crippen LogP contribution in [0.3, 0.4) is 0 Å². The lowest BCUT2D eigenvalue weighted by Gasteiger charge is -2.19. The third-order valence-corrected chi connectivity index (χ3v) is 2.76. The molecular formula is C11H14BrNO4. The van der Waals surface area contributed by atoms with Crippen LogP contribution in [-0.2, 0) is 9.53 Å². The lowest BCUT2D eigenvalue weighted by atomic mass is 10.3. The summed E-state index contributed by atoms with van der Waals surface area (Å²) in [6.45, 7) is 4.20. The summed E-state index contributed by atoms with van der Waals surface area (Å²) in [5.74, 6) is -0.677. The number of nitrogens with zero attached hydrogens (tertiary/aromatic N) is 1. The molecule has 0 N–H and O–H groups in total. The maximum absolute atomic E-state index is 12.0. The number of hydrogen-bond donors (Lipinski definition) is 0. The third-order valence-electron chi connectivity index (χ3n) is 2.14. The molecule has 1 rings (SSSR count). The van der Waals surface area contributed by atoms with E-state index in [1.165, 1.54) is 11.2 Å². The standard InChI is InChI=1S/C11H14BrNO4/c1-3-13(7-9(14)16-4-2)11(15)8-5-6-17-10(8)12/h5-6H,3-4,7H2,1-2H3. The number of rotatable bonds is 5. The highest BCUT2D eigenvalue weighted by Gasteiger charge is 2.21. The van der Waals surface area contributed by atoms with Gasteiger partial charge in [-0.25, -0.2) is 0 Å². The average Bonchev–Trinajstić information content (AvgIpc) is 2.72. The highest BCUT2D eigenvalue weighted by atomic mass is 79.9. The van der Waals surface area contributed by atoms with E-state index in [0.29, 0.717) is 23.4 Å². The fourth-order valence-electron chi connectivity index (χ4n) is 1.31. The second-order valence-corrected chi connectivity index (χ2v) is 3.95. The van der Waals surface area contributed by atoms with E-state index in [1.54, 1.807) is 19.9 Å². The lowest BCUT2D eigenvalue weighted by Crippen LogP contribution is -2.36. The van der Waals surface area contributed by atoms with Crippen molar-refractivity contribution in [2.75, 3.05) is 19.7 Å². The SMILES string of the molecule is CCOC(=O)CN(CC)C(=O)c1ccoc1Br. The van der Waals surface area contributed by atoms with Crippen LogP contribution in [-0.4, -0.2) is 36.5 Å². The molecule has 0 atom stereocenters. The van der Waals surface area contributed by atoms with Crippen molar-refractivity contribution in [2.45, 2.75) is 13.8 Å². The number of hydrogen-bond acceptors (Lipinski definition) is 4. The van der Waals surface area contributed by atoms with Crippen molar-refractivity contribution >= 4 is 27.8 Å². The molecule has 0 aliphatic carbocycles. The van der Waals surface area contributed by atoms with Crippen molar-refractivity contribution in [3.05, 3.63) is 22.6 Å². The van der Waals surface area contributed by atoms with E-state index in [1.807, 2.05) is 0 Å². The van der Waals surface area contributed by atoms with Gasteiger partial charge in [0.15, 0.2) is 4.67 Å². The van der Waals surface area contributed by atoms with Gasteiger partial charge in [-0.3, -0.25) is 9.59 Å². The molecule has 0 saturated heterocycles. The number of halogens is 1. The van der Waals surface area contributed by atoms with Crippen molar-refractivity contribution in [1.29, 1.82) is 0 Å². The summed E-state index contributed by atoms with van der Waals surface area (Å²) in [5.41, 5.74) is 0.399. The number of amides is 1. The van der Waals surface area contributed by atoms with E-state index in [-0.39, 0.29) is 12.5 Å². The van der Waals surface area contributed by atoms with Crippen LogP contribution in [0.4, 0.5) is 0 Å². The molecule has 1 aromatic rings. The first-order chi connectivity index (χ1) is 8.10. The molecule has 0 spiro atoms. The van der Waals surface area contributed by atoms with E-state index in [4.69, 9.17) is 9.15 Å². The number of carbonyl (C=O) groups is 2. The van der Waals surface area contributed by atoms with Crippen molar-refractivity contribution in [1.82, 2.24) is 4.90 Å². The molecule has 1 amide bonds. The molecule has 17 heavy (non-hydrogen) atoms. The second kappa shape index (κ2) is 6.44. The van der Waals surface area contributed by atoms with Crippen LogP contribution in [0.25, 0.3) is 0 Å². The summed E-state index contributed by atoms with van der Waals surface area (Å²) in [5, 5.41) is 0. The Morgan fingerprint density at radius 2 is 2.18 bits per heavy atom. The Bertz CT molecular complexity index is 402. The van der Waals surface area contributed by atoms with Gasteiger partial charge in [-0.05, 0) is 35.8 Å². The zero-order chi connectivity index (χ0) is 12.8. The largest absolute Gasteiger partial charge is 0.465 e. The molecule has 5 nitrogen and oxygen atoms in total. The van der Waals surface area contributed by atoms with Crippen LogP contribution >= 0.6 is 15.9 Å². The highest BCUT2D eigenvalue weighted by Crippen LogP contribution is 2.19. The highest BCUT2D eigenvalue weighted by molar-refractivity contribution is 9.10. The predicted molar refractivity (Wildman–Crippen MR) is 64.6 cm³/mol. The third kappa shape index (κ3) is 3.59. The Hall–Kier alpha value is -1.30. The van der Waals surface area contributed by atoms with Crippen molar-refractivity contribution < 1.29 is 18.7 Å². The molecule has 94 valence electrons. The molecule has 0 aromatic carbocycles.